The fourth-order valence-electron chi connectivity index (χ4n) is 6.34. The third-order valence-corrected chi connectivity index (χ3v) is 8.33. The molecule has 3 aliphatic rings. The molecule has 10 nitrogen and oxygen atoms in total. The zero-order valence-corrected chi connectivity index (χ0v) is 25.2. The molecule has 1 aliphatic carbocycles. The Morgan fingerprint density at radius 2 is 1.65 bits per heavy atom. The number of nitrogens with one attached hydrogen (secondary N) is 2. The molecule has 2 heterocycles. The van der Waals surface area contributed by atoms with Crippen molar-refractivity contribution in [3.8, 4) is 0 Å². The second kappa shape index (κ2) is 13.1. The molecule has 4 atom stereocenters. The summed E-state index contributed by atoms with van der Waals surface area (Å²) in [5.74, 6) is -0.591. The lowest BCUT2D eigenvalue weighted by atomic mass is 9.87. The SMILES string of the molecule is CC(C)(C)OC(=O)N[C@H]1CN(C(=O)OCc2ccccc2)CC[C@H]2CC[C@@H](C(=O)N[C@@H]3CCCc4ccccc43)N2C1=O. The summed E-state index contributed by atoms with van der Waals surface area (Å²) in [4.78, 5) is 57.0. The molecule has 2 N–H and O–H groups in total. The second-order valence-corrected chi connectivity index (χ2v) is 12.6. The molecule has 2 aliphatic heterocycles. The van der Waals surface area contributed by atoms with Crippen molar-refractivity contribution in [1.82, 2.24) is 20.4 Å². The molecule has 2 aromatic carbocycles. The van der Waals surface area contributed by atoms with E-state index in [0.717, 1.165) is 30.4 Å². The number of rotatable bonds is 5. The van der Waals surface area contributed by atoms with E-state index in [2.05, 4.69) is 22.8 Å². The van der Waals surface area contributed by atoms with Gasteiger partial charge in [-0.05, 0) is 76.0 Å². The summed E-state index contributed by atoms with van der Waals surface area (Å²) in [6.45, 7) is 5.52. The van der Waals surface area contributed by atoms with Crippen molar-refractivity contribution in [2.24, 2.45) is 0 Å². The highest BCUT2D eigenvalue weighted by Crippen LogP contribution is 2.33. The summed E-state index contributed by atoms with van der Waals surface area (Å²) >= 11 is 0. The Labute approximate surface area is 253 Å². The Hall–Kier alpha value is -4.08. The second-order valence-electron chi connectivity index (χ2n) is 12.6. The van der Waals surface area contributed by atoms with Crippen LogP contribution < -0.4 is 10.6 Å². The molecule has 2 saturated heterocycles. The van der Waals surface area contributed by atoms with E-state index in [1.54, 1.807) is 25.7 Å². The van der Waals surface area contributed by atoms with Crippen LogP contribution in [-0.4, -0.2) is 70.6 Å². The van der Waals surface area contributed by atoms with Crippen molar-refractivity contribution >= 4 is 24.0 Å². The molecule has 4 amide bonds. The van der Waals surface area contributed by atoms with Crippen molar-refractivity contribution in [1.29, 1.82) is 0 Å². The fraction of sp³-hybridized carbons (Fsp3) is 0.515. The number of carbonyl (C=O) groups excluding carboxylic acids is 4. The van der Waals surface area contributed by atoms with Gasteiger partial charge in [0.1, 0.15) is 24.3 Å². The lowest BCUT2D eigenvalue weighted by molar-refractivity contribution is -0.143. The highest BCUT2D eigenvalue weighted by Gasteiger charge is 2.46. The maximum absolute atomic E-state index is 14.1. The Bertz CT molecular complexity index is 1330. The lowest BCUT2D eigenvalue weighted by Crippen LogP contribution is -2.61. The molecule has 5 rings (SSSR count). The molecule has 0 aromatic heterocycles. The maximum atomic E-state index is 14.1. The number of nitrogens with zero attached hydrogens (tertiary/aromatic N) is 2. The monoisotopic (exact) mass is 590 g/mol. The van der Waals surface area contributed by atoms with Crippen LogP contribution in [0.4, 0.5) is 9.59 Å². The summed E-state index contributed by atoms with van der Waals surface area (Å²) in [5.41, 5.74) is 2.44. The first kappa shape index (κ1) is 30.4. The van der Waals surface area contributed by atoms with Gasteiger partial charge in [-0.1, -0.05) is 54.6 Å². The van der Waals surface area contributed by atoms with Crippen LogP contribution in [0.25, 0.3) is 0 Å². The molecule has 2 fully saturated rings. The van der Waals surface area contributed by atoms with Gasteiger partial charge in [0.05, 0.1) is 12.6 Å². The predicted molar refractivity (Wildman–Crippen MR) is 160 cm³/mol. The smallest absolute Gasteiger partial charge is 0.410 e. The van der Waals surface area contributed by atoms with Gasteiger partial charge in [0.15, 0.2) is 0 Å². The maximum Gasteiger partial charge on any atom is 0.410 e. The van der Waals surface area contributed by atoms with Gasteiger partial charge in [0.25, 0.3) is 0 Å². The number of alkyl carbamates (subject to hydrolysis) is 1. The standard InChI is InChI=1S/C33H42N4O6/c1-33(2,3)43-31(40)35-27-20-36(32(41)42-21-22-10-5-4-6-11-22)19-18-24-16-17-28(37(24)30(27)39)29(38)34-26-15-9-13-23-12-7-8-14-25(23)26/h4-8,10-12,14,24,26-28H,9,13,15-21H2,1-3H3,(H,34,38)(H,35,40)/t24-,26-,27+,28+/m1/s1. The molecule has 0 bridgehead atoms. The number of aryl methyl sites for hydroxylation is 1. The Morgan fingerprint density at radius 3 is 2.42 bits per heavy atom. The van der Waals surface area contributed by atoms with E-state index in [1.165, 1.54) is 10.5 Å². The minimum Gasteiger partial charge on any atom is -0.445 e. The van der Waals surface area contributed by atoms with Gasteiger partial charge in [-0.3, -0.25) is 9.59 Å². The first-order valence-corrected chi connectivity index (χ1v) is 15.2. The number of hydrogen-bond acceptors (Lipinski definition) is 6. The Morgan fingerprint density at radius 1 is 0.907 bits per heavy atom. The molecule has 2 aromatic rings. The molecule has 0 saturated carbocycles. The van der Waals surface area contributed by atoms with Gasteiger partial charge < -0.3 is 29.9 Å². The molecule has 230 valence electrons. The third kappa shape index (κ3) is 7.47. The molecular weight excluding hydrogens is 548 g/mol. The summed E-state index contributed by atoms with van der Waals surface area (Å²) < 4.78 is 11.0. The Balaban J connectivity index is 1.32. The fourth-order valence-corrected chi connectivity index (χ4v) is 6.34. The van der Waals surface area contributed by atoms with Gasteiger partial charge in [-0.25, -0.2) is 9.59 Å². The van der Waals surface area contributed by atoms with Crippen LogP contribution in [0.15, 0.2) is 54.6 Å². The van der Waals surface area contributed by atoms with Crippen LogP contribution in [0.3, 0.4) is 0 Å². The van der Waals surface area contributed by atoms with Crippen LogP contribution in [0, 0.1) is 0 Å². The van der Waals surface area contributed by atoms with Gasteiger partial charge >= 0.3 is 12.2 Å². The average Bonchev–Trinajstić information content (AvgIpc) is 3.40. The van der Waals surface area contributed by atoms with E-state index in [1.807, 2.05) is 42.5 Å². The zero-order valence-electron chi connectivity index (χ0n) is 25.2. The van der Waals surface area contributed by atoms with E-state index >= 15 is 0 Å². The minimum atomic E-state index is -1.11. The molecule has 0 unspecified atom stereocenters. The number of benzene rings is 2. The van der Waals surface area contributed by atoms with Gasteiger partial charge in [-0.2, -0.15) is 0 Å². The summed E-state index contributed by atoms with van der Waals surface area (Å²) in [7, 11) is 0. The van der Waals surface area contributed by atoms with Crippen molar-refractivity contribution in [3.63, 3.8) is 0 Å². The van der Waals surface area contributed by atoms with Gasteiger partial charge in [-0.15, -0.1) is 0 Å². The summed E-state index contributed by atoms with van der Waals surface area (Å²) in [6.07, 6.45) is 3.11. The van der Waals surface area contributed by atoms with E-state index in [4.69, 9.17) is 9.47 Å². The first-order valence-electron chi connectivity index (χ1n) is 15.2. The molecule has 0 spiro atoms. The lowest BCUT2D eigenvalue weighted by Gasteiger charge is -2.39. The van der Waals surface area contributed by atoms with Crippen molar-refractivity contribution in [2.45, 2.75) is 95.7 Å². The van der Waals surface area contributed by atoms with Crippen molar-refractivity contribution in [2.75, 3.05) is 13.1 Å². The Kier molecular flexibility index (Phi) is 9.22. The number of amides is 4. The van der Waals surface area contributed by atoms with Crippen LogP contribution in [0.2, 0.25) is 0 Å². The molecule has 43 heavy (non-hydrogen) atoms. The largest absolute Gasteiger partial charge is 0.445 e. The normalized spacial score (nSPS) is 23.7. The van der Waals surface area contributed by atoms with Gasteiger partial charge in [0, 0.05) is 12.6 Å². The molecule has 0 radical (unpaired) electrons. The topological polar surface area (TPSA) is 117 Å². The minimum absolute atomic E-state index is 0.0936. The number of ether oxygens (including phenoxy) is 2. The van der Waals surface area contributed by atoms with Crippen LogP contribution >= 0.6 is 0 Å². The quantitative estimate of drug-likeness (QED) is 0.531. The van der Waals surface area contributed by atoms with Crippen molar-refractivity contribution < 1.29 is 28.7 Å². The number of hydrogen-bond donors (Lipinski definition) is 2. The van der Waals surface area contributed by atoms with Crippen LogP contribution in [-0.2, 0) is 32.1 Å². The van der Waals surface area contributed by atoms with E-state index in [-0.39, 0.29) is 31.1 Å². The van der Waals surface area contributed by atoms with Crippen molar-refractivity contribution in [3.05, 3.63) is 71.3 Å². The highest BCUT2D eigenvalue weighted by molar-refractivity contribution is 5.93. The van der Waals surface area contributed by atoms with E-state index in [0.29, 0.717) is 25.8 Å². The summed E-state index contributed by atoms with van der Waals surface area (Å²) in [5, 5.41) is 5.91. The summed E-state index contributed by atoms with van der Waals surface area (Å²) in [6, 6.07) is 15.4. The molecule has 10 heteroatoms. The van der Waals surface area contributed by atoms with Crippen LogP contribution in [0.5, 0.6) is 0 Å². The van der Waals surface area contributed by atoms with Gasteiger partial charge in [0.2, 0.25) is 11.8 Å². The number of fused-ring (bicyclic) bond motifs is 2. The van der Waals surface area contributed by atoms with Crippen LogP contribution in [0.1, 0.15) is 75.6 Å². The molecular formula is C33H42N4O6. The number of carbonyl (C=O) groups is 4. The predicted octanol–water partition coefficient (Wildman–Crippen LogP) is 4.48. The van der Waals surface area contributed by atoms with E-state index < -0.39 is 35.8 Å². The first-order chi connectivity index (χ1) is 20.6. The van der Waals surface area contributed by atoms with E-state index in [9.17, 15) is 19.2 Å². The highest BCUT2D eigenvalue weighted by atomic mass is 16.6. The zero-order chi connectivity index (χ0) is 30.6. The third-order valence-electron chi connectivity index (χ3n) is 8.33. The average molecular weight is 591 g/mol.